The van der Waals surface area contributed by atoms with Crippen molar-refractivity contribution in [2.24, 2.45) is 5.92 Å². The first-order valence-corrected chi connectivity index (χ1v) is 6.23. The zero-order valence-corrected chi connectivity index (χ0v) is 10.5. The maximum absolute atomic E-state index is 12.0. The van der Waals surface area contributed by atoms with Crippen LogP contribution in [0.2, 0.25) is 0 Å². The summed E-state index contributed by atoms with van der Waals surface area (Å²) < 4.78 is 0. The summed E-state index contributed by atoms with van der Waals surface area (Å²) in [5, 5.41) is 6.33. The summed E-state index contributed by atoms with van der Waals surface area (Å²) in [4.78, 5) is 12.0. The normalized spacial score (nSPS) is 19.3. The van der Waals surface area contributed by atoms with E-state index in [0.717, 1.165) is 37.2 Å². The van der Waals surface area contributed by atoms with E-state index in [1.807, 2.05) is 32.0 Å². The molecular weight excluding hydrogens is 212 g/mol. The summed E-state index contributed by atoms with van der Waals surface area (Å²) in [7, 11) is 0. The van der Waals surface area contributed by atoms with E-state index in [1.54, 1.807) is 0 Å². The highest BCUT2D eigenvalue weighted by Gasteiger charge is 2.16. The van der Waals surface area contributed by atoms with Gasteiger partial charge >= 0.3 is 0 Å². The van der Waals surface area contributed by atoms with Crippen molar-refractivity contribution in [3.05, 3.63) is 34.9 Å². The molecule has 17 heavy (non-hydrogen) atoms. The molecule has 0 spiro atoms. The molecule has 0 aromatic heterocycles. The molecule has 1 fully saturated rings. The van der Waals surface area contributed by atoms with Gasteiger partial charge in [-0.3, -0.25) is 4.79 Å². The summed E-state index contributed by atoms with van der Waals surface area (Å²) in [6.45, 7) is 6.90. The molecule has 0 bridgehead atoms. The maximum Gasteiger partial charge on any atom is 0.251 e. The van der Waals surface area contributed by atoms with E-state index in [9.17, 15) is 4.79 Å². The average Bonchev–Trinajstić information content (AvgIpc) is 2.78. The molecule has 1 aliphatic rings. The van der Waals surface area contributed by atoms with Gasteiger partial charge in [0.25, 0.3) is 5.91 Å². The molecular formula is C14H20N2O. The Kier molecular flexibility index (Phi) is 3.79. The van der Waals surface area contributed by atoms with Gasteiger partial charge in [-0.25, -0.2) is 0 Å². The quantitative estimate of drug-likeness (QED) is 0.832. The van der Waals surface area contributed by atoms with Gasteiger partial charge in [0, 0.05) is 12.1 Å². The van der Waals surface area contributed by atoms with Crippen molar-refractivity contribution >= 4 is 5.91 Å². The lowest BCUT2D eigenvalue weighted by Gasteiger charge is -2.11. The standard InChI is InChI=1S/C14H20N2O/c1-10-3-4-13(11(2)7-10)14(17)16-9-12-5-6-15-8-12/h3-4,7,12,15H,5-6,8-9H2,1-2H3,(H,16,17). The molecule has 0 radical (unpaired) electrons. The number of amides is 1. The highest BCUT2D eigenvalue weighted by molar-refractivity contribution is 5.95. The van der Waals surface area contributed by atoms with E-state index in [0.29, 0.717) is 5.92 Å². The smallest absolute Gasteiger partial charge is 0.251 e. The summed E-state index contributed by atoms with van der Waals surface area (Å²) >= 11 is 0. The highest BCUT2D eigenvalue weighted by Crippen LogP contribution is 2.11. The van der Waals surface area contributed by atoms with E-state index >= 15 is 0 Å². The van der Waals surface area contributed by atoms with Crippen LogP contribution in [-0.2, 0) is 0 Å². The van der Waals surface area contributed by atoms with Crippen molar-refractivity contribution < 1.29 is 4.79 Å². The minimum Gasteiger partial charge on any atom is -0.352 e. The van der Waals surface area contributed by atoms with Crippen LogP contribution in [0, 0.1) is 19.8 Å². The third-order valence-corrected chi connectivity index (χ3v) is 3.34. The topological polar surface area (TPSA) is 41.1 Å². The average molecular weight is 232 g/mol. The van der Waals surface area contributed by atoms with Crippen LogP contribution in [0.25, 0.3) is 0 Å². The van der Waals surface area contributed by atoms with E-state index in [2.05, 4.69) is 10.6 Å². The molecule has 3 nitrogen and oxygen atoms in total. The van der Waals surface area contributed by atoms with Crippen molar-refractivity contribution in [2.75, 3.05) is 19.6 Å². The Morgan fingerprint density at radius 1 is 1.47 bits per heavy atom. The molecule has 1 unspecified atom stereocenters. The number of nitrogens with one attached hydrogen (secondary N) is 2. The molecule has 1 atom stereocenters. The van der Waals surface area contributed by atoms with Crippen LogP contribution in [0.4, 0.5) is 0 Å². The monoisotopic (exact) mass is 232 g/mol. The van der Waals surface area contributed by atoms with Gasteiger partial charge in [0.05, 0.1) is 0 Å². The van der Waals surface area contributed by atoms with E-state index in [4.69, 9.17) is 0 Å². The zero-order chi connectivity index (χ0) is 12.3. The van der Waals surface area contributed by atoms with Crippen molar-refractivity contribution in [1.29, 1.82) is 0 Å². The second-order valence-corrected chi connectivity index (χ2v) is 4.89. The molecule has 1 aliphatic heterocycles. The van der Waals surface area contributed by atoms with Crippen LogP contribution in [0.1, 0.15) is 27.9 Å². The predicted molar refractivity (Wildman–Crippen MR) is 69.2 cm³/mol. The Morgan fingerprint density at radius 3 is 2.94 bits per heavy atom. The second-order valence-electron chi connectivity index (χ2n) is 4.89. The second kappa shape index (κ2) is 5.32. The van der Waals surface area contributed by atoms with Gasteiger partial charge in [-0.1, -0.05) is 17.7 Å². The first kappa shape index (κ1) is 12.1. The number of carbonyl (C=O) groups is 1. The summed E-state index contributed by atoms with van der Waals surface area (Å²) in [5.41, 5.74) is 3.03. The molecule has 1 saturated heterocycles. The SMILES string of the molecule is Cc1ccc(C(=O)NCC2CCNC2)c(C)c1. The summed E-state index contributed by atoms with van der Waals surface area (Å²) in [5.74, 6) is 0.638. The third-order valence-electron chi connectivity index (χ3n) is 3.34. The van der Waals surface area contributed by atoms with Crippen LogP contribution >= 0.6 is 0 Å². The first-order valence-electron chi connectivity index (χ1n) is 6.23. The van der Waals surface area contributed by atoms with E-state index in [1.165, 1.54) is 5.56 Å². The third kappa shape index (κ3) is 3.07. The fourth-order valence-corrected chi connectivity index (χ4v) is 2.29. The number of benzene rings is 1. The molecule has 1 aromatic rings. The molecule has 1 heterocycles. The number of carbonyl (C=O) groups excluding carboxylic acids is 1. The maximum atomic E-state index is 12.0. The van der Waals surface area contributed by atoms with Gasteiger partial charge < -0.3 is 10.6 Å². The van der Waals surface area contributed by atoms with Crippen LogP contribution in [0.3, 0.4) is 0 Å². The number of hydrogen-bond acceptors (Lipinski definition) is 2. The lowest BCUT2D eigenvalue weighted by Crippen LogP contribution is -2.30. The van der Waals surface area contributed by atoms with Gasteiger partial charge in [0.1, 0.15) is 0 Å². The van der Waals surface area contributed by atoms with Crippen molar-refractivity contribution in [1.82, 2.24) is 10.6 Å². The summed E-state index contributed by atoms with van der Waals surface area (Å²) in [6, 6.07) is 5.94. The van der Waals surface area contributed by atoms with Crippen LogP contribution in [-0.4, -0.2) is 25.5 Å². The van der Waals surface area contributed by atoms with Gasteiger partial charge in [-0.15, -0.1) is 0 Å². The fourth-order valence-electron chi connectivity index (χ4n) is 2.29. The van der Waals surface area contributed by atoms with Crippen molar-refractivity contribution in [3.8, 4) is 0 Å². The minimum atomic E-state index is 0.0504. The minimum absolute atomic E-state index is 0.0504. The Bertz CT molecular complexity index is 409. The van der Waals surface area contributed by atoms with Crippen LogP contribution in [0.15, 0.2) is 18.2 Å². The van der Waals surface area contributed by atoms with Gasteiger partial charge in [-0.2, -0.15) is 0 Å². The largest absolute Gasteiger partial charge is 0.352 e. The highest BCUT2D eigenvalue weighted by atomic mass is 16.1. The summed E-state index contributed by atoms with van der Waals surface area (Å²) in [6.07, 6.45) is 1.16. The molecule has 3 heteroatoms. The Hall–Kier alpha value is -1.35. The molecule has 0 aliphatic carbocycles. The molecule has 1 aromatic carbocycles. The lowest BCUT2D eigenvalue weighted by molar-refractivity contribution is 0.0947. The van der Waals surface area contributed by atoms with Crippen molar-refractivity contribution in [3.63, 3.8) is 0 Å². The number of aryl methyl sites for hydroxylation is 2. The lowest BCUT2D eigenvalue weighted by atomic mass is 10.0. The Morgan fingerprint density at radius 2 is 2.29 bits per heavy atom. The van der Waals surface area contributed by atoms with Gasteiger partial charge in [0.15, 0.2) is 0 Å². The number of rotatable bonds is 3. The molecule has 2 N–H and O–H groups in total. The van der Waals surface area contributed by atoms with E-state index < -0.39 is 0 Å². The van der Waals surface area contributed by atoms with E-state index in [-0.39, 0.29) is 5.91 Å². The predicted octanol–water partition coefficient (Wildman–Crippen LogP) is 1.64. The fraction of sp³-hybridized carbons (Fsp3) is 0.500. The zero-order valence-electron chi connectivity index (χ0n) is 10.5. The molecule has 0 saturated carbocycles. The van der Waals surface area contributed by atoms with Gasteiger partial charge in [-0.05, 0) is 50.9 Å². The van der Waals surface area contributed by atoms with Crippen molar-refractivity contribution in [2.45, 2.75) is 20.3 Å². The Balaban J connectivity index is 1.94. The van der Waals surface area contributed by atoms with Crippen LogP contribution in [0.5, 0.6) is 0 Å². The first-order chi connectivity index (χ1) is 8.16. The Labute approximate surface area is 103 Å². The molecule has 92 valence electrons. The number of hydrogen-bond donors (Lipinski definition) is 2. The molecule has 2 rings (SSSR count). The van der Waals surface area contributed by atoms with Crippen LogP contribution < -0.4 is 10.6 Å². The van der Waals surface area contributed by atoms with Gasteiger partial charge in [0.2, 0.25) is 0 Å². The molecule has 1 amide bonds.